The first kappa shape index (κ1) is 12.9. The van der Waals surface area contributed by atoms with Crippen molar-refractivity contribution in [3.8, 4) is 0 Å². The van der Waals surface area contributed by atoms with Crippen LogP contribution < -0.4 is 0 Å². The van der Waals surface area contributed by atoms with Crippen molar-refractivity contribution in [2.24, 2.45) is 0 Å². The number of nitrogens with zero attached hydrogens (tertiary/aromatic N) is 2. The van der Waals surface area contributed by atoms with Crippen LogP contribution in [0, 0.1) is 0 Å². The van der Waals surface area contributed by atoms with E-state index in [9.17, 15) is 5.11 Å². The number of likely N-dealkylation sites (tertiary alicyclic amines) is 1. The van der Waals surface area contributed by atoms with Crippen LogP contribution in [0.2, 0.25) is 0 Å². The van der Waals surface area contributed by atoms with Gasteiger partial charge in [-0.3, -0.25) is 0 Å². The number of aliphatic hydroxyl groups is 1. The van der Waals surface area contributed by atoms with Gasteiger partial charge in [-0.25, -0.2) is 0 Å². The Kier molecular flexibility index (Phi) is 6.22. The van der Waals surface area contributed by atoms with Gasteiger partial charge in [0.2, 0.25) is 0 Å². The highest BCUT2D eigenvalue weighted by Gasteiger charge is 2.10. The summed E-state index contributed by atoms with van der Waals surface area (Å²) in [5, 5.41) is 9.18. The molecule has 0 unspecified atom stereocenters. The maximum absolute atomic E-state index is 9.18. The lowest BCUT2D eigenvalue weighted by Crippen LogP contribution is -2.37. The van der Waals surface area contributed by atoms with Crippen LogP contribution in [0.15, 0.2) is 0 Å². The van der Waals surface area contributed by atoms with Crippen LogP contribution in [0.4, 0.5) is 0 Å². The van der Waals surface area contributed by atoms with Crippen LogP contribution in [-0.2, 0) is 0 Å². The fraction of sp³-hybridized carbons (Fsp3) is 1.00. The Bertz CT molecular complexity index is 156. The fourth-order valence-corrected chi connectivity index (χ4v) is 2.01. The molecule has 1 aliphatic rings. The van der Waals surface area contributed by atoms with Gasteiger partial charge in [0.05, 0.1) is 6.10 Å². The molecule has 1 saturated heterocycles. The molecular formula is C12H26N2O. The second kappa shape index (κ2) is 7.20. The monoisotopic (exact) mass is 214 g/mol. The minimum atomic E-state index is -0.164. The summed E-state index contributed by atoms with van der Waals surface area (Å²) in [6.45, 7) is 7.75. The predicted octanol–water partition coefficient (Wildman–Crippen LogP) is 1.17. The normalized spacial score (nSPS) is 20.8. The molecule has 1 aliphatic heterocycles. The first-order chi connectivity index (χ1) is 7.18. The Morgan fingerprint density at radius 1 is 1.20 bits per heavy atom. The van der Waals surface area contributed by atoms with Crippen molar-refractivity contribution in [2.45, 2.75) is 38.7 Å². The Balaban J connectivity index is 2.02. The number of hydrogen-bond acceptors (Lipinski definition) is 3. The number of piperidine rings is 1. The third-order valence-corrected chi connectivity index (χ3v) is 3.18. The number of likely N-dealkylation sites (N-methyl/N-ethyl adjacent to an activating group) is 1. The summed E-state index contributed by atoms with van der Waals surface area (Å²) in [6, 6.07) is 0. The first-order valence-corrected chi connectivity index (χ1v) is 6.27. The van der Waals surface area contributed by atoms with Crippen molar-refractivity contribution < 1.29 is 5.11 Å². The molecule has 1 atom stereocenters. The lowest BCUT2D eigenvalue weighted by atomic mass is 10.1. The van der Waals surface area contributed by atoms with Crippen molar-refractivity contribution >= 4 is 0 Å². The van der Waals surface area contributed by atoms with E-state index in [2.05, 4.69) is 16.8 Å². The second-order valence-corrected chi connectivity index (χ2v) is 4.84. The highest BCUT2D eigenvalue weighted by Crippen LogP contribution is 2.07. The van der Waals surface area contributed by atoms with E-state index < -0.39 is 0 Å². The number of rotatable bonds is 6. The third-order valence-electron chi connectivity index (χ3n) is 3.18. The standard InChI is InChI=1S/C12H26N2O/c1-12(15)6-9-13(2)10-11-14-7-4-3-5-8-14/h12,15H,3-11H2,1-2H3/t12-/m1/s1. The zero-order valence-corrected chi connectivity index (χ0v) is 10.3. The molecule has 90 valence electrons. The van der Waals surface area contributed by atoms with Crippen LogP contribution in [0.1, 0.15) is 32.6 Å². The van der Waals surface area contributed by atoms with Gasteiger partial charge in [0.25, 0.3) is 0 Å². The summed E-state index contributed by atoms with van der Waals surface area (Å²) >= 11 is 0. The van der Waals surface area contributed by atoms with Gasteiger partial charge in [-0.05, 0) is 46.3 Å². The SMILES string of the molecule is C[C@@H](O)CCN(C)CCN1CCCCC1. The molecule has 1 rings (SSSR count). The van der Waals surface area contributed by atoms with E-state index in [4.69, 9.17) is 0 Å². The van der Waals surface area contributed by atoms with E-state index in [-0.39, 0.29) is 6.10 Å². The molecule has 0 aromatic rings. The highest BCUT2D eigenvalue weighted by molar-refractivity contribution is 4.66. The molecule has 0 bridgehead atoms. The Morgan fingerprint density at radius 2 is 1.87 bits per heavy atom. The average Bonchev–Trinajstić information content (AvgIpc) is 2.25. The molecule has 1 heterocycles. The van der Waals surface area contributed by atoms with Crippen LogP contribution in [-0.4, -0.2) is 60.8 Å². The summed E-state index contributed by atoms with van der Waals surface area (Å²) in [5.41, 5.74) is 0. The quantitative estimate of drug-likeness (QED) is 0.719. The minimum Gasteiger partial charge on any atom is -0.393 e. The highest BCUT2D eigenvalue weighted by atomic mass is 16.3. The molecule has 3 nitrogen and oxygen atoms in total. The van der Waals surface area contributed by atoms with E-state index in [1.165, 1.54) is 38.9 Å². The average molecular weight is 214 g/mol. The molecule has 3 heteroatoms. The van der Waals surface area contributed by atoms with Gasteiger partial charge in [-0.1, -0.05) is 6.42 Å². The zero-order valence-electron chi connectivity index (χ0n) is 10.3. The van der Waals surface area contributed by atoms with Gasteiger partial charge in [-0.2, -0.15) is 0 Å². The van der Waals surface area contributed by atoms with Gasteiger partial charge < -0.3 is 14.9 Å². The zero-order chi connectivity index (χ0) is 11.1. The molecule has 1 fully saturated rings. The lowest BCUT2D eigenvalue weighted by molar-refractivity contribution is 0.153. The van der Waals surface area contributed by atoms with E-state index in [0.29, 0.717) is 0 Å². The van der Waals surface area contributed by atoms with Gasteiger partial charge in [0.1, 0.15) is 0 Å². The topological polar surface area (TPSA) is 26.7 Å². The molecule has 0 radical (unpaired) electrons. The maximum atomic E-state index is 9.18. The van der Waals surface area contributed by atoms with Crippen LogP contribution in [0.3, 0.4) is 0 Å². The lowest BCUT2D eigenvalue weighted by Gasteiger charge is -2.28. The molecule has 0 aromatic heterocycles. The smallest absolute Gasteiger partial charge is 0.0524 e. The Morgan fingerprint density at radius 3 is 2.47 bits per heavy atom. The van der Waals surface area contributed by atoms with Crippen molar-refractivity contribution in [1.29, 1.82) is 0 Å². The Hall–Kier alpha value is -0.120. The molecular weight excluding hydrogens is 188 g/mol. The summed E-state index contributed by atoms with van der Waals surface area (Å²) in [7, 11) is 2.15. The van der Waals surface area contributed by atoms with Crippen LogP contribution in [0.25, 0.3) is 0 Å². The molecule has 15 heavy (non-hydrogen) atoms. The molecule has 0 saturated carbocycles. The van der Waals surface area contributed by atoms with E-state index in [1.807, 2.05) is 6.92 Å². The molecule has 0 aromatic carbocycles. The van der Waals surface area contributed by atoms with Crippen LogP contribution in [0.5, 0.6) is 0 Å². The third kappa shape index (κ3) is 6.13. The molecule has 1 N–H and O–H groups in total. The Labute approximate surface area is 94.1 Å². The van der Waals surface area contributed by atoms with Crippen molar-refractivity contribution in [3.63, 3.8) is 0 Å². The van der Waals surface area contributed by atoms with Crippen molar-refractivity contribution in [3.05, 3.63) is 0 Å². The van der Waals surface area contributed by atoms with Gasteiger partial charge in [-0.15, -0.1) is 0 Å². The maximum Gasteiger partial charge on any atom is 0.0524 e. The largest absolute Gasteiger partial charge is 0.393 e. The van der Waals surface area contributed by atoms with Gasteiger partial charge in [0, 0.05) is 19.6 Å². The van der Waals surface area contributed by atoms with E-state index in [1.54, 1.807) is 0 Å². The van der Waals surface area contributed by atoms with Gasteiger partial charge >= 0.3 is 0 Å². The second-order valence-electron chi connectivity index (χ2n) is 4.84. The number of hydrogen-bond donors (Lipinski definition) is 1. The van der Waals surface area contributed by atoms with E-state index >= 15 is 0 Å². The summed E-state index contributed by atoms with van der Waals surface area (Å²) in [5.74, 6) is 0. The minimum absolute atomic E-state index is 0.164. The van der Waals surface area contributed by atoms with E-state index in [0.717, 1.165) is 19.5 Å². The first-order valence-electron chi connectivity index (χ1n) is 6.27. The summed E-state index contributed by atoms with van der Waals surface area (Å²) in [4.78, 5) is 4.88. The van der Waals surface area contributed by atoms with Crippen LogP contribution >= 0.6 is 0 Å². The molecule has 0 spiro atoms. The summed E-state index contributed by atoms with van der Waals surface area (Å²) < 4.78 is 0. The van der Waals surface area contributed by atoms with Gasteiger partial charge in [0.15, 0.2) is 0 Å². The molecule has 0 amide bonds. The summed E-state index contributed by atoms with van der Waals surface area (Å²) in [6.07, 6.45) is 4.88. The van der Waals surface area contributed by atoms with Crippen molar-refractivity contribution in [1.82, 2.24) is 9.80 Å². The van der Waals surface area contributed by atoms with Crippen molar-refractivity contribution in [2.75, 3.05) is 39.8 Å². The number of aliphatic hydroxyl groups excluding tert-OH is 1. The predicted molar refractivity (Wildman–Crippen MR) is 64.1 cm³/mol. The fourth-order valence-electron chi connectivity index (χ4n) is 2.01. The molecule has 0 aliphatic carbocycles.